The maximum atomic E-state index is 11.3. The fourth-order valence-corrected chi connectivity index (χ4v) is 4.14. The van der Waals surface area contributed by atoms with Crippen LogP contribution in [0.3, 0.4) is 0 Å². The van der Waals surface area contributed by atoms with Gasteiger partial charge in [0.15, 0.2) is 0 Å². The molecule has 0 bridgehead atoms. The van der Waals surface area contributed by atoms with Gasteiger partial charge in [0, 0.05) is 11.3 Å². The summed E-state index contributed by atoms with van der Waals surface area (Å²) in [5, 5.41) is 16.5. The van der Waals surface area contributed by atoms with Gasteiger partial charge in [-0.2, -0.15) is 0 Å². The van der Waals surface area contributed by atoms with Crippen LogP contribution < -0.4 is 5.14 Å². The molecule has 0 aromatic heterocycles. The lowest BCUT2D eigenvalue weighted by molar-refractivity contribution is -0.388. The van der Waals surface area contributed by atoms with Gasteiger partial charge < -0.3 is 0 Å². The monoisotopic (exact) mass is 316 g/mol. The molecule has 20 heavy (non-hydrogen) atoms. The van der Waals surface area contributed by atoms with Gasteiger partial charge in [-0.15, -0.1) is 11.8 Å². The number of hydrogen-bond acceptors (Lipinski definition) is 5. The molecule has 0 heterocycles. The van der Waals surface area contributed by atoms with Crippen LogP contribution >= 0.6 is 11.8 Å². The Morgan fingerprint density at radius 2 is 1.90 bits per heavy atom. The zero-order chi connectivity index (χ0) is 14.8. The van der Waals surface area contributed by atoms with Crippen molar-refractivity contribution in [2.75, 3.05) is 0 Å². The second-order valence-corrected chi connectivity index (χ2v) is 7.71. The quantitative estimate of drug-likeness (QED) is 0.679. The van der Waals surface area contributed by atoms with Crippen molar-refractivity contribution in [3.8, 4) is 0 Å². The number of rotatable bonds is 4. The molecule has 0 amide bonds. The predicted molar refractivity (Wildman–Crippen MR) is 77.2 cm³/mol. The maximum absolute atomic E-state index is 11.3. The second kappa shape index (κ2) is 6.11. The van der Waals surface area contributed by atoms with Gasteiger partial charge in [-0.25, -0.2) is 13.6 Å². The van der Waals surface area contributed by atoms with Gasteiger partial charge in [-0.05, 0) is 25.0 Å². The Hall–Kier alpha value is -1.12. The molecular weight excluding hydrogens is 300 g/mol. The first-order chi connectivity index (χ1) is 9.38. The summed E-state index contributed by atoms with van der Waals surface area (Å²) in [5.41, 5.74) is -0.188. The van der Waals surface area contributed by atoms with Crippen LogP contribution in [0.2, 0.25) is 0 Å². The zero-order valence-electron chi connectivity index (χ0n) is 10.8. The van der Waals surface area contributed by atoms with Crippen LogP contribution in [-0.2, 0) is 10.0 Å². The smallest absolute Gasteiger partial charge is 0.258 e. The maximum Gasteiger partial charge on any atom is 0.284 e. The fraction of sp³-hybridized carbons (Fsp3) is 0.500. The van der Waals surface area contributed by atoms with Crippen LogP contribution in [0.25, 0.3) is 0 Å². The molecule has 0 spiro atoms. The third-order valence-corrected chi connectivity index (χ3v) is 5.62. The highest BCUT2D eigenvalue weighted by Crippen LogP contribution is 2.38. The Morgan fingerprint density at radius 1 is 1.25 bits per heavy atom. The van der Waals surface area contributed by atoms with E-state index in [9.17, 15) is 18.5 Å². The van der Waals surface area contributed by atoms with Gasteiger partial charge in [0.05, 0.1) is 14.7 Å². The van der Waals surface area contributed by atoms with Crippen molar-refractivity contribution < 1.29 is 13.3 Å². The lowest BCUT2D eigenvalue weighted by Gasteiger charge is -2.20. The van der Waals surface area contributed by atoms with E-state index in [4.69, 9.17) is 5.14 Å². The van der Waals surface area contributed by atoms with E-state index in [2.05, 4.69) is 0 Å². The van der Waals surface area contributed by atoms with E-state index in [1.54, 1.807) is 0 Å². The molecule has 6 nitrogen and oxygen atoms in total. The Labute approximate surface area is 121 Å². The molecule has 110 valence electrons. The summed E-state index contributed by atoms with van der Waals surface area (Å²) in [6, 6.07) is 3.85. The number of nitrogens with two attached hydrogens (primary N) is 1. The summed E-state index contributed by atoms with van der Waals surface area (Å²) in [6.07, 6.45) is 5.57. The van der Waals surface area contributed by atoms with Gasteiger partial charge >= 0.3 is 0 Å². The van der Waals surface area contributed by atoms with Crippen LogP contribution in [-0.4, -0.2) is 18.6 Å². The molecule has 1 aliphatic rings. The fourth-order valence-electron chi connectivity index (χ4n) is 2.28. The van der Waals surface area contributed by atoms with E-state index in [0.717, 1.165) is 31.7 Å². The molecule has 0 radical (unpaired) electrons. The van der Waals surface area contributed by atoms with Crippen molar-refractivity contribution in [3.63, 3.8) is 0 Å². The SMILES string of the molecule is NS(=O)(=O)c1ccc(SC2CCCCC2)c([N+](=O)[O-])c1. The number of thioether (sulfide) groups is 1. The highest BCUT2D eigenvalue weighted by atomic mass is 32.2. The molecule has 0 atom stereocenters. The molecule has 1 aliphatic carbocycles. The van der Waals surface area contributed by atoms with Crippen LogP contribution in [0.5, 0.6) is 0 Å². The second-order valence-electron chi connectivity index (χ2n) is 4.81. The number of nitro groups is 1. The number of nitrogens with zero attached hydrogens (tertiary/aromatic N) is 1. The van der Waals surface area contributed by atoms with Crippen molar-refractivity contribution in [3.05, 3.63) is 28.3 Å². The van der Waals surface area contributed by atoms with Crippen molar-refractivity contribution >= 4 is 27.5 Å². The van der Waals surface area contributed by atoms with Crippen LogP contribution in [0.1, 0.15) is 32.1 Å². The summed E-state index contributed by atoms with van der Waals surface area (Å²) in [6.45, 7) is 0. The topological polar surface area (TPSA) is 103 Å². The van der Waals surface area contributed by atoms with E-state index in [0.29, 0.717) is 10.1 Å². The van der Waals surface area contributed by atoms with Gasteiger partial charge in [-0.3, -0.25) is 10.1 Å². The Morgan fingerprint density at radius 3 is 2.45 bits per heavy atom. The summed E-state index contributed by atoms with van der Waals surface area (Å²) in [7, 11) is -3.92. The normalized spacial score (nSPS) is 17.1. The van der Waals surface area contributed by atoms with Gasteiger partial charge in [0.1, 0.15) is 0 Å². The number of benzene rings is 1. The molecule has 1 fully saturated rings. The van der Waals surface area contributed by atoms with Crippen LogP contribution in [0.15, 0.2) is 28.0 Å². The molecule has 0 aliphatic heterocycles. The zero-order valence-corrected chi connectivity index (χ0v) is 12.5. The van der Waals surface area contributed by atoms with E-state index < -0.39 is 14.9 Å². The van der Waals surface area contributed by atoms with Crippen molar-refractivity contribution in [2.24, 2.45) is 5.14 Å². The largest absolute Gasteiger partial charge is 0.284 e. The van der Waals surface area contributed by atoms with Crippen molar-refractivity contribution in [1.29, 1.82) is 0 Å². The number of sulfonamides is 1. The van der Waals surface area contributed by atoms with E-state index >= 15 is 0 Å². The lowest BCUT2D eigenvalue weighted by atomic mass is 10.0. The number of nitro benzene ring substituents is 1. The van der Waals surface area contributed by atoms with Gasteiger partial charge in [-0.1, -0.05) is 19.3 Å². The van der Waals surface area contributed by atoms with Crippen molar-refractivity contribution in [1.82, 2.24) is 0 Å². The molecule has 2 rings (SSSR count). The third-order valence-electron chi connectivity index (χ3n) is 3.30. The third kappa shape index (κ3) is 3.71. The first kappa shape index (κ1) is 15.3. The van der Waals surface area contributed by atoms with E-state index in [1.807, 2.05) is 0 Å². The summed E-state index contributed by atoms with van der Waals surface area (Å²) in [4.78, 5) is 10.8. The molecule has 0 unspecified atom stereocenters. The molecular formula is C12H16N2O4S2. The van der Waals surface area contributed by atoms with Crippen LogP contribution in [0.4, 0.5) is 5.69 Å². The minimum absolute atomic E-state index is 0.188. The average molecular weight is 316 g/mol. The van der Waals surface area contributed by atoms with E-state index in [-0.39, 0.29) is 10.6 Å². The van der Waals surface area contributed by atoms with Crippen LogP contribution in [0, 0.1) is 10.1 Å². The first-order valence-corrected chi connectivity index (χ1v) is 8.78. The van der Waals surface area contributed by atoms with Gasteiger partial charge in [0.2, 0.25) is 10.0 Å². The lowest BCUT2D eigenvalue weighted by Crippen LogP contribution is -2.13. The molecule has 1 saturated carbocycles. The molecule has 0 saturated heterocycles. The van der Waals surface area contributed by atoms with Gasteiger partial charge in [0.25, 0.3) is 5.69 Å². The first-order valence-electron chi connectivity index (χ1n) is 6.36. The Bertz CT molecular complexity index is 610. The Balaban J connectivity index is 2.30. The Kier molecular flexibility index (Phi) is 4.66. The number of hydrogen-bond donors (Lipinski definition) is 1. The highest BCUT2D eigenvalue weighted by Gasteiger charge is 2.23. The minimum atomic E-state index is -3.92. The number of primary sulfonamides is 1. The minimum Gasteiger partial charge on any atom is -0.258 e. The predicted octanol–water partition coefficient (Wildman–Crippen LogP) is 2.67. The summed E-state index contributed by atoms with van der Waals surface area (Å²) < 4.78 is 22.5. The molecule has 1 aromatic rings. The highest BCUT2D eigenvalue weighted by molar-refractivity contribution is 8.00. The summed E-state index contributed by atoms with van der Waals surface area (Å²) >= 11 is 1.46. The standard InChI is InChI=1S/C12H16N2O4S2/c13-20(17,18)10-6-7-12(11(8-10)14(15)16)19-9-4-2-1-3-5-9/h6-9H,1-5H2,(H2,13,17,18). The molecule has 1 aromatic carbocycles. The molecule has 2 N–H and O–H groups in total. The van der Waals surface area contributed by atoms with E-state index in [1.165, 1.54) is 30.3 Å². The average Bonchev–Trinajstić information content (AvgIpc) is 2.38. The molecule has 8 heteroatoms. The van der Waals surface area contributed by atoms with Crippen molar-refractivity contribution in [2.45, 2.75) is 47.1 Å². The summed E-state index contributed by atoms with van der Waals surface area (Å²) in [5.74, 6) is 0.